The first-order chi connectivity index (χ1) is 3.85. The minimum absolute atomic E-state index is 0.990. The van der Waals surface area contributed by atoms with Gasteiger partial charge in [0.05, 0.1) is 0 Å². The Morgan fingerprint density at radius 2 is 2.25 bits per heavy atom. The average Bonchev–Trinajstić information content (AvgIpc) is 1.83. The Morgan fingerprint density at radius 1 is 1.62 bits per heavy atom. The Morgan fingerprint density at radius 3 is 2.38 bits per heavy atom. The maximum Gasteiger partial charge on any atom is -0.00251 e. The highest BCUT2D eigenvalue weighted by atomic mass is 13.9. The van der Waals surface area contributed by atoms with Crippen LogP contribution < -0.4 is 0 Å². The van der Waals surface area contributed by atoms with E-state index in [1.54, 1.807) is 0 Å². The summed E-state index contributed by atoms with van der Waals surface area (Å²) in [7, 11) is 0. The van der Waals surface area contributed by atoms with Gasteiger partial charge in [0.15, 0.2) is 0 Å². The van der Waals surface area contributed by atoms with Gasteiger partial charge in [-0.1, -0.05) is 25.8 Å². The first kappa shape index (κ1) is 7.30. The number of allylic oxidation sites excluding steroid dienone is 2. The van der Waals surface area contributed by atoms with Gasteiger partial charge in [-0.15, -0.1) is 6.42 Å². The average molecular weight is 108 g/mol. The molecule has 0 aromatic carbocycles. The van der Waals surface area contributed by atoms with Crippen LogP contribution in [0.25, 0.3) is 0 Å². The molecule has 0 aromatic rings. The maximum atomic E-state index is 5.15. The van der Waals surface area contributed by atoms with Crippen molar-refractivity contribution in [1.82, 2.24) is 0 Å². The first-order valence-electron chi connectivity index (χ1n) is 3.00. The fourth-order valence-corrected chi connectivity index (χ4v) is 0.552. The molecule has 0 fully saturated rings. The standard InChI is InChI=1S/C8H12/c1-4-7-8(5-2)6-3/h2,7H,4,6H2,1,3H3. The summed E-state index contributed by atoms with van der Waals surface area (Å²) in [6.45, 7) is 4.16. The van der Waals surface area contributed by atoms with Crippen molar-refractivity contribution in [2.24, 2.45) is 0 Å². The van der Waals surface area contributed by atoms with E-state index in [1.807, 2.05) is 0 Å². The number of terminal acetylenes is 1. The molecule has 0 amide bonds. The summed E-state index contributed by atoms with van der Waals surface area (Å²) in [4.78, 5) is 0. The molecule has 0 spiro atoms. The summed E-state index contributed by atoms with van der Waals surface area (Å²) in [5.74, 6) is 2.61. The first-order valence-corrected chi connectivity index (χ1v) is 3.00. The quantitative estimate of drug-likeness (QED) is 0.476. The summed E-state index contributed by atoms with van der Waals surface area (Å²) >= 11 is 0. The predicted molar refractivity (Wildman–Crippen MR) is 37.5 cm³/mol. The zero-order valence-electron chi connectivity index (χ0n) is 5.57. The van der Waals surface area contributed by atoms with Gasteiger partial charge in [0.2, 0.25) is 0 Å². The van der Waals surface area contributed by atoms with Crippen LogP contribution >= 0.6 is 0 Å². The molecule has 0 bridgehead atoms. The van der Waals surface area contributed by atoms with Crippen molar-refractivity contribution in [3.63, 3.8) is 0 Å². The van der Waals surface area contributed by atoms with Crippen molar-refractivity contribution in [1.29, 1.82) is 0 Å². The summed E-state index contributed by atoms with van der Waals surface area (Å²) in [6, 6.07) is 0. The largest absolute Gasteiger partial charge is 0.115 e. The van der Waals surface area contributed by atoms with Gasteiger partial charge in [-0.2, -0.15) is 0 Å². The van der Waals surface area contributed by atoms with Crippen LogP contribution in [0, 0.1) is 12.3 Å². The third kappa shape index (κ3) is 2.47. The highest BCUT2D eigenvalue weighted by Crippen LogP contribution is 1.98. The number of hydrogen-bond donors (Lipinski definition) is 0. The summed E-state index contributed by atoms with van der Waals surface area (Å²) in [5, 5.41) is 0. The topological polar surface area (TPSA) is 0 Å². The van der Waals surface area contributed by atoms with Gasteiger partial charge in [-0.05, 0) is 18.4 Å². The Bertz CT molecular complexity index is 112. The molecule has 0 heteroatoms. The predicted octanol–water partition coefficient (Wildman–Crippen LogP) is 2.37. The van der Waals surface area contributed by atoms with Crippen molar-refractivity contribution < 1.29 is 0 Å². The molecule has 0 aliphatic heterocycles. The summed E-state index contributed by atoms with van der Waals surface area (Å²) in [6.07, 6.45) is 9.27. The van der Waals surface area contributed by atoms with Crippen LogP contribution in [0.4, 0.5) is 0 Å². The Kier molecular flexibility index (Phi) is 4.07. The Hall–Kier alpha value is -0.700. The van der Waals surface area contributed by atoms with Crippen LogP contribution in [0.15, 0.2) is 11.6 Å². The molecule has 0 rings (SSSR count). The van der Waals surface area contributed by atoms with Gasteiger partial charge < -0.3 is 0 Å². The Balaban J connectivity index is 3.72. The van der Waals surface area contributed by atoms with Crippen molar-refractivity contribution in [2.45, 2.75) is 26.7 Å². The van der Waals surface area contributed by atoms with E-state index in [0.29, 0.717) is 0 Å². The van der Waals surface area contributed by atoms with E-state index < -0.39 is 0 Å². The summed E-state index contributed by atoms with van der Waals surface area (Å²) < 4.78 is 0. The molecular weight excluding hydrogens is 96.1 g/mol. The van der Waals surface area contributed by atoms with Gasteiger partial charge in [-0.3, -0.25) is 0 Å². The maximum absolute atomic E-state index is 5.15. The zero-order chi connectivity index (χ0) is 6.41. The molecule has 8 heavy (non-hydrogen) atoms. The minimum Gasteiger partial charge on any atom is -0.115 e. The molecule has 0 atom stereocenters. The van der Waals surface area contributed by atoms with Gasteiger partial charge in [0, 0.05) is 0 Å². The lowest BCUT2D eigenvalue weighted by molar-refractivity contribution is 1.11. The van der Waals surface area contributed by atoms with E-state index in [2.05, 4.69) is 25.8 Å². The second-order valence-electron chi connectivity index (χ2n) is 1.64. The van der Waals surface area contributed by atoms with E-state index in [1.165, 1.54) is 0 Å². The van der Waals surface area contributed by atoms with Gasteiger partial charge in [-0.25, -0.2) is 0 Å². The molecule has 0 nitrogen and oxygen atoms in total. The van der Waals surface area contributed by atoms with Crippen molar-refractivity contribution in [3.8, 4) is 12.3 Å². The lowest BCUT2D eigenvalue weighted by Crippen LogP contribution is -1.71. The van der Waals surface area contributed by atoms with Crippen LogP contribution in [-0.2, 0) is 0 Å². The molecule has 0 aromatic heterocycles. The van der Waals surface area contributed by atoms with Crippen LogP contribution in [0.1, 0.15) is 26.7 Å². The highest BCUT2D eigenvalue weighted by Gasteiger charge is 1.81. The monoisotopic (exact) mass is 108 g/mol. The van der Waals surface area contributed by atoms with Gasteiger partial charge in [0.1, 0.15) is 0 Å². The van der Waals surface area contributed by atoms with Gasteiger partial charge >= 0.3 is 0 Å². The van der Waals surface area contributed by atoms with Crippen LogP contribution in [0.5, 0.6) is 0 Å². The molecule has 0 radical (unpaired) electrons. The lowest BCUT2D eigenvalue weighted by atomic mass is 10.2. The highest BCUT2D eigenvalue weighted by molar-refractivity contribution is 5.24. The molecule has 0 saturated heterocycles. The third-order valence-corrected chi connectivity index (χ3v) is 1.02. The molecular formula is C8H12. The Labute approximate surface area is 51.6 Å². The second-order valence-corrected chi connectivity index (χ2v) is 1.64. The fourth-order valence-electron chi connectivity index (χ4n) is 0.552. The smallest absolute Gasteiger partial charge is 0.00251 e. The second kappa shape index (κ2) is 4.46. The zero-order valence-corrected chi connectivity index (χ0v) is 5.57. The molecule has 0 heterocycles. The third-order valence-electron chi connectivity index (χ3n) is 1.02. The van der Waals surface area contributed by atoms with Gasteiger partial charge in [0.25, 0.3) is 0 Å². The fraction of sp³-hybridized carbons (Fsp3) is 0.500. The van der Waals surface area contributed by atoms with Crippen molar-refractivity contribution in [3.05, 3.63) is 11.6 Å². The lowest BCUT2D eigenvalue weighted by Gasteiger charge is -1.88. The molecule has 0 saturated carbocycles. The van der Waals surface area contributed by atoms with Crippen molar-refractivity contribution in [2.75, 3.05) is 0 Å². The van der Waals surface area contributed by atoms with E-state index in [4.69, 9.17) is 6.42 Å². The number of hydrogen-bond acceptors (Lipinski definition) is 0. The van der Waals surface area contributed by atoms with Crippen molar-refractivity contribution >= 4 is 0 Å². The molecule has 0 aliphatic rings. The molecule has 0 unspecified atom stereocenters. The number of rotatable bonds is 2. The SMILES string of the molecule is C#CC(=CCC)CC. The van der Waals surface area contributed by atoms with E-state index in [0.717, 1.165) is 18.4 Å². The van der Waals surface area contributed by atoms with E-state index in [-0.39, 0.29) is 0 Å². The molecule has 44 valence electrons. The normalized spacial score (nSPS) is 10.9. The van der Waals surface area contributed by atoms with Crippen LogP contribution in [0.3, 0.4) is 0 Å². The van der Waals surface area contributed by atoms with E-state index >= 15 is 0 Å². The molecule has 0 N–H and O–H groups in total. The van der Waals surface area contributed by atoms with E-state index in [9.17, 15) is 0 Å². The summed E-state index contributed by atoms with van der Waals surface area (Å²) in [5.41, 5.74) is 1.12. The molecule has 0 aliphatic carbocycles. The van der Waals surface area contributed by atoms with Crippen LogP contribution in [0.2, 0.25) is 0 Å². The minimum atomic E-state index is 0.990. The van der Waals surface area contributed by atoms with Crippen LogP contribution in [-0.4, -0.2) is 0 Å².